The van der Waals surface area contributed by atoms with Gasteiger partial charge in [0.1, 0.15) is 18.1 Å². The van der Waals surface area contributed by atoms with E-state index in [-0.39, 0.29) is 18.9 Å². The van der Waals surface area contributed by atoms with Gasteiger partial charge in [-0.25, -0.2) is 9.18 Å². The van der Waals surface area contributed by atoms with Crippen LogP contribution >= 0.6 is 0 Å². The van der Waals surface area contributed by atoms with E-state index < -0.39 is 11.8 Å². The number of anilines is 1. The molecule has 2 aromatic carbocycles. The van der Waals surface area contributed by atoms with Gasteiger partial charge in [0, 0.05) is 6.07 Å². The Labute approximate surface area is 151 Å². The van der Waals surface area contributed by atoms with E-state index >= 15 is 0 Å². The van der Waals surface area contributed by atoms with E-state index in [9.17, 15) is 9.18 Å². The van der Waals surface area contributed by atoms with Crippen LogP contribution in [-0.4, -0.2) is 33.4 Å². The molecule has 0 bridgehead atoms. The summed E-state index contributed by atoms with van der Waals surface area (Å²) in [7, 11) is 3.04. The van der Waals surface area contributed by atoms with Gasteiger partial charge in [-0.3, -0.25) is 0 Å². The smallest absolute Gasteiger partial charge is 0.320 e. The molecule has 0 atom stereocenters. The van der Waals surface area contributed by atoms with Crippen molar-refractivity contribution in [2.75, 3.05) is 32.7 Å². The molecule has 0 unspecified atom stereocenters. The van der Waals surface area contributed by atoms with Gasteiger partial charge in [-0.2, -0.15) is 0 Å². The van der Waals surface area contributed by atoms with E-state index in [1.165, 1.54) is 19.2 Å². The molecule has 0 aromatic heterocycles. The Morgan fingerprint density at radius 3 is 2.62 bits per heavy atom. The van der Waals surface area contributed by atoms with Gasteiger partial charge in [0.25, 0.3) is 0 Å². The standard InChI is InChI=1S/C19H19FN2O4/c1-24-14-9-10-16(18(13-14)25-2)22-19(23)21-11-5-6-12-26-17-8-4-3-7-15(17)20/h3-4,7-10,13H,11-12H2,1-2H3,(H2,21,22,23). The minimum absolute atomic E-state index is 0.0243. The number of benzene rings is 2. The maximum absolute atomic E-state index is 13.3. The van der Waals surface area contributed by atoms with Crippen LogP contribution < -0.4 is 24.8 Å². The van der Waals surface area contributed by atoms with Crippen LogP contribution in [0.2, 0.25) is 0 Å². The van der Waals surface area contributed by atoms with Crippen molar-refractivity contribution in [2.24, 2.45) is 0 Å². The number of carbonyl (C=O) groups excluding carboxylic acids is 1. The van der Waals surface area contributed by atoms with Crippen LogP contribution in [0.15, 0.2) is 42.5 Å². The third kappa shape index (κ3) is 5.60. The van der Waals surface area contributed by atoms with Gasteiger partial charge in [-0.15, -0.1) is 0 Å². The number of amides is 2. The van der Waals surface area contributed by atoms with E-state index in [0.717, 1.165) is 0 Å². The molecule has 2 rings (SSSR count). The number of carbonyl (C=O) groups is 1. The van der Waals surface area contributed by atoms with E-state index in [2.05, 4.69) is 22.5 Å². The summed E-state index contributed by atoms with van der Waals surface area (Å²) in [5.74, 6) is 6.20. The first kappa shape index (κ1) is 18.9. The summed E-state index contributed by atoms with van der Waals surface area (Å²) < 4.78 is 28.8. The molecule has 0 aliphatic carbocycles. The average molecular weight is 358 g/mol. The molecule has 26 heavy (non-hydrogen) atoms. The fourth-order valence-corrected chi connectivity index (χ4v) is 1.98. The lowest BCUT2D eigenvalue weighted by atomic mass is 10.2. The number of rotatable bonds is 6. The highest BCUT2D eigenvalue weighted by Gasteiger charge is 2.08. The Balaban J connectivity index is 1.77. The molecule has 0 aliphatic heterocycles. The summed E-state index contributed by atoms with van der Waals surface area (Å²) >= 11 is 0. The molecule has 0 radical (unpaired) electrons. The maximum Gasteiger partial charge on any atom is 0.320 e. The van der Waals surface area contributed by atoms with Crippen molar-refractivity contribution >= 4 is 11.7 Å². The van der Waals surface area contributed by atoms with Crippen molar-refractivity contribution in [3.8, 4) is 29.1 Å². The second kappa shape index (κ2) is 9.79. The summed E-state index contributed by atoms with van der Waals surface area (Å²) in [4.78, 5) is 11.9. The maximum atomic E-state index is 13.3. The third-order valence-corrected chi connectivity index (χ3v) is 3.26. The van der Waals surface area contributed by atoms with Crippen LogP contribution in [0, 0.1) is 17.7 Å². The van der Waals surface area contributed by atoms with Crippen molar-refractivity contribution in [3.63, 3.8) is 0 Å². The summed E-state index contributed by atoms with van der Waals surface area (Å²) in [6.07, 6.45) is 0. The zero-order valence-electron chi connectivity index (χ0n) is 14.5. The average Bonchev–Trinajstić information content (AvgIpc) is 2.66. The molecule has 2 amide bonds. The number of nitrogens with one attached hydrogen (secondary N) is 2. The van der Waals surface area contributed by atoms with Gasteiger partial charge in [-0.1, -0.05) is 24.0 Å². The van der Waals surface area contributed by atoms with Crippen LogP contribution in [0.5, 0.6) is 17.2 Å². The Bertz CT molecular complexity index is 815. The number of methoxy groups -OCH3 is 2. The molecule has 136 valence electrons. The quantitative estimate of drug-likeness (QED) is 0.779. The SMILES string of the molecule is COc1ccc(NC(=O)NCC#CCOc2ccccc2F)c(OC)c1. The predicted molar refractivity (Wildman–Crippen MR) is 96.2 cm³/mol. The van der Waals surface area contributed by atoms with Crippen LogP contribution in [0.1, 0.15) is 0 Å². The number of para-hydroxylation sites is 1. The minimum atomic E-state index is -0.444. The van der Waals surface area contributed by atoms with Crippen molar-refractivity contribution < 1.29 is 23.4 Å². The molecule has 6 nitrogen and oxygen atoms in total. The lowest BCUT2D eigenvalue weighted by Crippen LogP contribution is -2.29. The Morgan fingerprint density at radius 1 is 1.08 bits per heavy atom. The molecule has 2 aromatic rings. The second-order valence-corrected chi connectivity index (χ2v) is 4.95. The minimum Gasteiger partial charge on any atom is -0.497 e. The lowest BCUT2D eigenvalue weighted by molar-refractivity contribution is 0.253. The fraction of sp³-hybridized carbons (Fsp3) is 0.211. The molecule has 7 heteroatoms. The van der Waals surface area contributed by atoms with Crippen molar-refractivity contribution in [1.82, 2.24) is 5.32 Å². The van der Waals surface area contributed by atoms with Crippen LogP contribution in [0.3, 0.4) is 0 Å². The lowest BCUT2D eigenvalue weighted by Gasteiger charge is -2.11. The monoisotopic (exact) mass is 358 g/mol. The number of hydrogen-bond donors (Lipinski definition) is 2. The number of ether oxygens (including phenoxy) is 3. The normalized spacial score (nSPS) is 9.50. The summed E-state index contributed by atoms with van der Waals surface area (Å²) in [5, 5.41) is 5.24. The molecule has 0 heterocycles. The van der Waals surface area contributed by atoms with Gasteiger partial charge in [0.05, 0.1) is 26.5 Å². The second-order valence-electron chi connectivity index (χ2n) is 4.95. The van der Waals surface area contributed by atoms with Gasteiger partial charge in [0.2, 0.25) is 0 Å². The summed E-state index contributed by atoms with van der Waals surface area (Å²) in [6.45, 7) is 0.140. The highest BCUT2D eigenvalue weighted by molar-refractivity contribution is 5.91. The predicted octanol–water partition coefficient (Wildman–Crippen LogP) is 3.05. The number of urea groups is 1. The molecule has 0 saturated heterocycles. The molecular formula is C19H19FN2O4. The summed E-state index contributed by atoms with van der Waals surface area (Å²) in [5.41, 5.74) is 0.502. The van der Waals surface area contributed by atoms with Gasteiger partial charge in [0.15, 0.2) is 11.6 Å². The molecule has 0 saturated carbocycles. The van der Waals surface area contributed by atoms with Gasteiger partial charge < -0.3 is 24.8 Å². The van der Waals surface area contributed by atoms with E-state index in [0.29, 0.717) is 17.2 Å². The largest absolute Gasteiger partial charge is 0.497 e. The first-order chi connectivity index (χ1) is 12.6. The first-order valence-electron chi connectivity index (χ1n) is 7.74. The van der Waals surface area contributed by atoms with Gasteiger partial charge in [-0.05, 0) is 24.3 Å². The summed E-state index contributed by atoms with van der Waals surface area (Å²) in [6, 6.07) is 10.7. The zero-order chi connectivity index (χ0) is 18.8. The topological polar surface area (TPSA) is 68.8 Å². The molecular weight excluding hydrogens is 339 g/mol. The van der Waals surface area contributed by atoms with Crippen molar-refractivity contribution in [2.45, 2.75) is 0 Å². The van der Waals surface area contributed by atoms with Crippen LogP contribution in [0.25, 0.3) is 0 Å². The van der Waals surface area contributed by atoms with Crippen molar-refractivity contribution in [3.05, 3.63) is 48.3 Å². The van der Waals surface area contributed by atoms with E-state index in [4.69, 9.17) is 14.2 Å². The van der Waals surface area contributed by atoms with E-state index in [1.807, 2.05) is 0 Å². The van der Waals surface area contributed by atoms with Gasteiger partial charge >= 0.3 is 6.03 Å². The van der Waals surface area contributed by atoms with Crippen LogP contribution in [0.4, 0.5) is 14.9 Å². The fourth-order valence-electron chi connectivity index (χ4n) is 1.98. The molecule has 2 N–H and O–H groups in total. The highest BCUT2D eigenvalue weighted by Crippen LogP contribution is 2.28. The number of hydrogen-bond acceptors (Lipinski definition) is 4. The van der Waals surface area contributed by atoms with Crippen LogP contribution in [-0.2, 0) is 0 Å². The zero-order valence-corrected chi connectivity index (χ0v) is 14.5. The van der Waals surface area contributed by atoms with E-state index in [1.54, 1.807) is 37.4 Å². The number of halogens is 1. The van der Waals surface area contributed by atoms with Crippen molar-refractivity contribution in [1.29, 1.82) is 0 Å². The third-order valence-electron chi connectivity index (χ3n) is 3.26. The Morgan fingerprint density at radius 2 is 1.88 bits per heavy atom. The Hall–Kier alpha value is -3.40. The molecule has 0 aliphatic rings. The molecule has 0 fully saturated rings. The first-order valence-corrected chi connectivity index (χ1v) is 7.74. The Kier molecular flexibility index (Phi) is 7.13. The molecule has 0 spiro atoms. The highest BCUT2D eigenvalue weighted by atomic mass is 19.1.